The van der Waals surface area contributed by atoms with Crippen molar-refractivity contribution in [1.82, 2.24) is 0 Å². The molecule has 0 spiro atoms. The van der Waals surface area contributed by atoms with Gasteiger partial charge in [0.1, 0.15) is 5.69 Å². The van der Waals surface area contributed by atoms with Gasteiger partial charge >= 0.3 is 0 Å². The molecule has 0 saturated carbocycles. The SMILES string of the molecule is C[C@H](C(=O)Nc1ccccc1[N+](=O)[O-])[n+]1ccc(C(=O)c2ccccc2)cc1. The lowest BCUT2D eigenvalue weighted by Crippen LogP contribution is -2.44. The van der Waals surface area contributed by atoms with Crippen molar-refractivity contribution in [3.8, 4) is 0 Å². The van der Waals surface area contributed by atoms with Crippen molar-refractivity contribution in [2.75, 3.05) is 5.32 Å². The monoisotopic (exact) mass is 376 g/mol. The van der Waals surface area contributed by atoms with E-state index in [4.69, 9.17) is 0 Å². The second kappa shape index (κ2) is 8.22. The second-order valence-electron chi connectivity index (χ2n) is 6.17. The van der Waals surface area contributed by atoms with Gasteiger partial charge in [-0.25, -0.2) is 0 Å². The van der Waals surface area contributed by atoms with Crippen molar-refractivity contribution >= 4 is 23.1 Å². The number of carbonyl (C=O) groups is 2. The van der Waals surface area contributed by atoms with Crippen LogP contribution >= 0.6 is 0 Å². The summed E-state index contributed by atoms with van der Waals surface area (Å²) >= 11 is 0. The maximum Gasteiger partial charge on any atom is 0.293 e. The van der Waals surface area contributed by atoms with E-state index in [9.17, 15) is 19.7 Å². The van der Waals surface area contributed by atoms with Crippen LogP contribution in [-0.4, -0.2) is 16.6 Å². The lowest BCUT2D eigenvalue weighted by Gasteiger charge is -2.09. The fraction of sp³-hybridized carbons (Fsp3) is 0.0952. The van der Waals surface area contributed by atoms with E-state index in [0.29, 0.717) is 11.1 Å². The molecule has 0 aliphatic carbocycles. The van der Waals surface area contributed by atoms with Crippen LogP contribution in [0.15, 0.2) is 79.1 Å². The van der Waals surface area contributed by atoms with Crippen LogP contribution < -0.4 is 9.88 Å². The quantitative estimate of drug-likeness (QED) is 0.309. The van der Waals surface area contributed by atoms with Gasteiger partial charge in [-0.1, -0.05) is 42.5 Å². The van der Waals surface area contributed by atoms with Gasteiger partial charge in [0.25, 0.3) is 11.6 Å². The molecule has 0 radical (unpaired) electrons. The number of nitrogens with zero attached hydrogens (tertiary/aromatic N) is 2. The number of aromatic nitrogens is 1. The molecular weight excluding hydrogens is 358 g/mol. The van der Waals surface area contributed by atoms with E-state index in [-0.39, 0.29) is 17.2 Å². The van der Waals surface area contributed by atoms with Crippen LogP contribution in [0.5, 0.6) is 0 Å². The summed E-state index contributed by atoms with van der Waals surface area (Å²) in [5.41, 5.74) is 1.06. The van der Waals surface area contributed by atoms with E-state index < -0.39 is 16.9 Å². The van der Waals surface area contributed by atoms with Crippen molar-refractivity contribution in [1.29, 1.82) is 0 Å². The third-order valence-electron chi connectivity index (χ3n) is 4.34. The summed E-state index contributed by atoms with van der Waals surface area (Å²) in [6.45, 7) is 1.67. The molecule has 140 valence electrons. The fourth-order valence-electron chi connectivity index (χ4n) is 2.71. The maximum atomic E-state index is 12.5. The molecule has 1 atom stereocenters. The number of ketones is 1. The van der Waals surface area contributed by atoms with Crippen molar-refractivity contribution in [2.24, 2.45) is 0 Å². The van der Waals surface area contributed by atoms with E-state index >= 15 is 0 Å². The fourth-order valence-corrected chi connectivity index (χ4v) is 2.71. The van der Waals surface area contributed by atoms with Crippen LogP contribution in [0.2, 0.25) is 0 Å². The Morgan fingerprint density at radius 2 is 1.50 bits per heavy atom. The summed E-state index contributed by atoms with van der Waals surface area (Å²) in [6, 6.07) is 17.5. The maximum absolute atomic E-state index is 12.5. The highest BCUT2D eigenvalue weighted by Crippen LogP contribution is 2.23. The number of nitro benzene ring substituents is 1. The van der Waals surface area contributed by atoms with Crippen molar-refractivity contribution in [2.45, 2.75) is 13.0 Å². The number of para-hydroxylation sites is 2. The van der Waals surface area contributed by atoms with Gasteiger partial charge in [-0.3, -0.25) is 19.7 Å². The van der Waals surface area contributed by atoms with Crippen LogP contribution in [0, 0.1) is 10.1 Å². The van der Waals surface area contributed by atoms with Crippen LogP contribution in [0.4, 0.5) is 11.4 Å². The number of carbonyl (C=O) groups excluding carboxylic acids is 2. The number of hydrogen-bond acceptors (Lipinski definition) is 4. The number of pyridine rings is 1. The molecule has 1 aromatic heterocycles. The molecule has 1 N–H and O–H groups in total. The minimum atomic E-state index is -0.624. The smallest absolute Gasteiger partial charge is 0.293 e. The first-order valence-electron chi connectivity index (χ1n) is 8.62. The minimum absolute atomic E-state index is 0.107. The number of nitro groups is 1. The van der Waals surface area contributed by atoms with Crippen LogP contribution in [-0.2, 0) is 4.79 Å². The second-order valence-corrected chi connectivity index (χ2v) is 6.17. The zero-order valence-electron chi connectivity index (χ0n) is 15.1. The van der Waals surface area contributed by atoms with Gasteiger partial charge < -0.3 is 5.32 Å². The lowest BCUT2D eigenvalue weighted by atomic mass is 10.0. The van der Waals surface area contributed by atoms with E-state index in [1.807, 2.05) is 6.07 Å². The summed E-state index contributed by atoms with van der Waals surface area (Å²) in [6.07, 6.45) is 3.28. The first-order chi connectivity index (χ1) is 13.5. The summed E-state index contributed by atoms with van der Waals surface area (Å²) in [5, 5.41) is 13.7. The number of hydrogen-bond donors (Lipinski definition) is 1. The summed E-state index contributed by atoms with van der Waals surface area (Å²) in [4.78, 5) is 35.5. The summed E-state index contributed by atoms with van der Waals surface area (Å²) < 4.78 is 1.63. The zero-order valence-corrected chi connectivity index (χ0v) is 15.1. The van der Waals surface area contributed by atoms with Crippen LogP contribution in [0.1, 0.15) is 28.9 Å². The molecule has 3 aromatic rings. The first kappa shape index (κ1) is 18.9. The largest absolute Gasteiger partial charge is 0.315 e. The molecule has 0 bridgehead atoms. The van der Waals surface area contributed by atoms with E-state index in [0.717, 1.165) is 0 Å². The van der Waals surface area contributed by atoms with Gasteiger partial charge in [0.2, 0.25) is 6.04 Å². The Hall–Kier alpha value is -3.87. The third-order valence-corrected chi connectivity index (χ3v) is 4.34. The Kier molecular flexibility index (Phi) is 5.55. The minimum Gasteiger partial charge on any atom is -0.315 e. The third kappa shape index (κ3) is 4.09. The molecule has 0 unspecified atom stereocenters. The van der Waals surface area contributed by atoms with Gasteiger partial charge in [-0.05, 0) is 6.07 Å². The topological polar surface area (TPSA) is 93.2 Å². The Morgan fingerprint density at radius 1 is 0.929 bits per heavy atom. The zero-order chi connectivity index (χ0) is 20.1. The van der Waals surface area contributed by atoms with Gasteiger partial charge in [0, 0.05) is 36.2 Å². The van der Waals surface area contributed by atoms with E-state index in [1.165, 1.54) is 18.2 Å². The summed E-state index contributed by atoms with van der Waals surface area (Å²) in [5.74, 6) is -0.508. The van der Waals surface area contributed by atoms with Crippen molar-refractivity contribution < 1.29 is 19.1 Å². The normalized spacial score (nSPS) is 11.5. The first-order valence-corrected chi connectivity index (χ1v) is 8.62. The van der Waals surface area contributed by atoms with Gasteiger partial charge in [-0.15, -0.1) is 0 Å². The van der Waals surface area contributed by atoms with Crippen LogP contribution in [0.25, 0.3) is 0 Å². The Balaban J connectivity index is 1.74. The van der Waals surface area contributed by atoms with Gasteiger partial charge in [0.05, 0.1) is 4.92 Å². The lowest BCUT2D eigenvalue weighted by molar-refractivity contribution is -0.705. The molecule has 1 heterocycles. The highest BCUT2D eigenvalue weighted by Gasteiger charge is 2.25. The highest BCUT2D eigenvalue weighted by atomic mass is 16.6. The van der Waals surface area contributed by atoms with E-state index in [1.54, 1.807) is 66.3 Å². The predicted molar refractivity (Wildman–Crippen MR) is 103 cm³/mol. The average Bonchev–Trinajstić information content (AvgIpc) is 2.73. The number of anilines is 1. The molecule has 28 heavy (non-hydrogen) atoms. The van der Waals surface area contributed by atoms with Gasteiger partial charge in [-0.2, -0.15) is 4.57 Å². The molecule has 0 fully saturated rings. The van der Waals surface area contributed by atoms with Gasteiger partial charge in [0.15, 0.2) is 18.2 Å². The average molecular weight is 376 g/mol. The molecule has 2 aromatic carbocycles. The molecule has 7 heteroatoms. The standard InChI is InChI=1S/C21H17N3O4/c1-15(21(26)22-18-9-5-6-10-19(18)24(27)28)23-13-11-17(12-14-23)20(25)16-7-3-2-4-8-16/h2-15H,1H3/p+1/t15-/m1/s1. The number of rotatable bonds is 6. The Labute approximate surface area is 161 Å². The number of benzene rings is 2. The van der Waals surface area contributed by atoms with Crippen molar-refractivity contribution in [3.05, 3.63) is 100 Å². The molecular formula is C21H18N3O4+. The van der Waals surface area contributed by atoms with Crippen LogP contribution in [0.3, 0.4) is 0 Å². The molecule has 1 amide bonds. The summed E-state index contributed by atoms with van der Waals surface area (Å²) in [7, 11) is 0. The molecule has 3 rings (SSSR count). The molecule has 7 nitrogen and oxygen atoms in total. The molecule has 0 saturated heterocycles. The Morgan fingerprint density at radius 3 is 2.14 bits per heavy atom. The highest BCUT2D eigenvalue weighted by molar-refractivity contribution is 6.08. The number of nitrogens with one attached hydrogen (secondary N) is 1. The molecule has 0 aliphatic rings. The molecule has 0 aliphatic heterocycles. The van der Waals surface area contributed by atoms with E-state index in [2.05, 4.69) is 5.32 Å². The number of amides is 1. The predicted octanol–water partition coefficient (Wildman–Crippen LogP) is 3.31. The van der Waals surface area contributed by atoms with Crippen molar-refractivity contribution in [3.63, 3.8) is 0 Å². The Bertz CT molecular complexity index is 1020.